The van der Waals surface area contributed by atoms with Crippen molar-refractivity contribution in [3.8, 4) is 0 Å². The number of nitrogens with zero attached hydrogens (tertiary/aromatic N) is 3. The number of amides is 1. The van der Waals surface area contributed by atoms with Crippen LogP contribution in [0.4, 0.5) is 17.1 Å². The number of carbonyl (C=O) groups is 1. The summed E-state index contributed by atoms with van der Waals surface area (Å²) in [5.74, 6) is -0.194. The van der Waals surface area contributed by atoms with Gasteiger partial charge in [0.1, 0.15) is 0 Å². The van der Waals surface area contributed by atoms with Crippen molar-refractivity contribution < 1.29 is 4.79 Å². The van der Waals surface area contributed by atoms with Crippen molar-refractivity contribution in [2.45, 2.75) is 25.7 Å². The minimum atomic E-state index is -0.194. The van der Waals surface area contributed by atoms with Crippen molar-refractivity contribution in [3.05, 3.63) is 94.9 Å². The van der Waals surface area contributed by atoms with Crippen molar-refractivity contribution in [3.63, 3.8) is 0 Å². The zero-order valence-corrected chi connectivity index (χ0v) is 20.0. The van der Waals surface area contributed by atoms with Crippen LogP contribution in [0.3, 0.4) is 0 Å². The predicted molar refractivity (Wildman–Crippen MR) is 140 cm³/mol. The lowest BCUT2D eigenvalue weighted by atomic mass is 9.77. The van der Waals surface area contributed by atoms with E-state index in [4.69, 9.17) is 0 Å². The number of rotatable bonds is 3. The van der Waals surface area contributed by atoms with Crippen LogP contribution in [0.15, 0.2) is 88.8 Å². The summed E-state index contributed by atoms with van der Waals surface area (Å²) in [6.07, 6.45) is 3.09. The number of thioether (sulfide) groups is 1. The molecule has 0 bridgehead atoms. The number of fused-ring (bicyclic) bond motifs is 1. The number of amidine groups is 1. The zero-order chi connectivity index (χ0) is 23.0. The average Bonchev–Trinajstić information content (AvgIpc) is 3.18. The standard InChI is InChI=1S/C28H27N3OS/c1-28(2)16-17-30(3)24-15-14-20(18-23(24)28)19-25-26(32)29-27(33-25)31(21-10-6-4-7-11-21)22-12-8-5-9-13-22/h4-15,18-19H,16-17H2,1-3H3. The molecule has 0 unspecified atom stereocenters. The molecule has 0 atom stereocenters. The highest BCUT2D eigenvalue weighted by atomic mass is 32.2. The number of carbonyl (C=O) groups excluding carboxylic acids is 1. The maximum atomic E-state index is 12.9. The summed E-state index contributed by atoms with van der Waals surface area (Å²) in [5.41, 5.74) is 5.70. The third-order valence-corrected chi connectivity index (χ3v) is 7.33. The summed E-state index contributed by atoms with van der Waals surface area (Å²) in [6, 6.07) is 26.6. The molecule has 2 aliphatic heterocycles. The van der Waals surface area contributed by atoms with Gasteiger partial charge in [-0.1, -0.05) is 56.3 Å². The third-order valence-electron chi connectivity index (χ3n) is 6.36. The van der Waals surface area contributed by atoms with Crippen LogP contribution in [0.25, 0.3) is 6.08 Å². The first-order valence-electron chi connectivity index (χ1n) is 11.2. The van der Waals surface area contributed by atoms with E-state index >= 15 is 0 Å². The van der Waals surface area contributed by atoms with Gasteiger partial charge in [0.25, 0.3) is 5.91 Å². The molecule has 5 heteroatoms. The Morgan fingerprint density at radius 1 is 0.970 bits per heavy atom. The van der Waals surface area contributed by atoms with Gasteiger partial charge in [-0.25, -0.2) is 0 Å². The Hall–Kier alpha value is -3.31. The quantitative estimate of drug-likeness (QED) is 0.418. The van der Waals surface area contributed by atoms with Crippen LogP contribution in [-0.2, 0) is 10.2 Å². The van der Waals surface area contributed by atoms with Gasteiger partial charge in [0, 0.05) is 30.7 Å². The summed E-state index contributed by atoms with van der Waals surface area (Å²) in [4.78, 5) is 22.3. The Balaban J connectivity index is 1.48. The number of benzene rings is 3. The minimum absolute atomic E-state index is 0.113. The van der Waals surface area contributed by atoms with Crippen LogP contribution in [-0.4, -0.2) is 24.7 Å². The summed E-state index contributed by atoms with van der Waals surface area (Å²) < 4.78 is 0. The molecular formula is C28H27N3OS. The Labute approximate surface area is 199 Å². The SMILES string of the molecule is CN1CCC(C)(C)c2cc(C=C3SC(N(c4ccccc4)c4ccccc4)=NC3=O)ccc21. The molecule has 0 saturated heterocycles. The van der Waals surface area contributed by atoms with Crippen LogP contribution < -0.4 is 9.80 Å². The highest BCUT2D eigenvalue weighted by molar-refractivity contribution is 8.18. The number of hydrogen-bond acceptors (Lipinski definition) is 4. The topological polar surface area (TPSA) is 35.9 Å². The second kappa shape index (κ2) is 8.56. The predicted octanol–water partition coefficient (Wildman–Crippen LogP) is 6.61. The molecule has 2 aliphatic rings. The van der Waals surface area contributed by atoms with E-state index in [0.29, 0.717) is 10.1 Å². The second-order valence-corrected chi connectivity index (χ2v) is 10.2. The lowest BCUT2D eigenvalue weighted by Gasteiger charge is -2.38. The fourth-order valence-electron chi connectivity index (χ4n) is 4.39. The Morgan fingerprint density at radius 2 is 1.61 bits per heavy atom. The average molecular weight is 454 g/mol. The molecule has 0 aliphatic carbocycles. The highest BCUT2D eigenvalue weighted by Crippen LogP contribution is 2.41. The van der Waals surface area contributed by atoms with E-state index in [-0.39, 0.29) is 11.3 Å². The summed E-state index contributed by atoms with van der Waals surface area (Å²) in [7, 11) is 2.14. The van der Waals surface area contributed by atoms with Crippen LogP contribution in [0.1, 0.15) is 31.4 Å². The van der Waals surface area contributed by atoms with E-state index < -0.39 is 0 Å². The van der Waals surface area contributed by atoms with E-state index in [1.807, 2.05) is 71.6 Å². The third kappa shape index (κ3) is 4.21. The summed E-state index contributed by atoms with van der Waals surface area (Å²) in [6.45, 7) is 5.65. The number of para-hydroxylation sites is 2. The van der Waals surface area contributed by atoms with Crippen LogP contribution in [0.2, 0.25) is 0 Å². The normalized spacial score (nSPS) is 18.3. The van der Waals surface area contributed by atoms with Crippen LogP contribution in [0, 0.1) is 0 Å². The first-order valence-corrected chi connectivity index (χ1v) is 12.0. The van der Waals surface area contributed by atoms with Gasteiger partial charge in [-0.05, 0) is 77.2 Å². The molecule has 1 amide bonds. The van der Waals surface area contributed by atoms with Gasteiger partial charge in [0.05, 0.1) is 4.91 Å². The maximum absolute atomic E-state index is 12.9. The highest BCUT2D eigenvalue weighted by Gasteiger charge is 2.31. The Bertz CT molecular complexity index is 1210. The fourth-order valence-corrected chi connectivity index (χ4v) is 5.35. The molecular weight excluding hydrogens is 426 g/mol. The maximum Gasteiger partial charge on any atom is 0.286 e. The van der Waals surface area contributed by atoms with E-state index in [1.54, 1.807) is 0 Å². The first-order chi connectivity index (χ1) is 15.9. The van der Waals surface area contributed by atoms with Gasteiger partial charge < -0.3 is 4.90 Å². The van der Waals surface area contributed by atoms with Gasteiger partial charge in [-0.2, -0.15) is 4.99 Å². The molecule has 4 nitrogen and oxygen atoms in total. The molecule has 0 saturated carbocycles. The van der Waals surface area contributed by atoms with Crippen molar-refractivity contribution in [1.82, 2.24) is 0 Å². The Morgan fingerprint density at radius 3 is 2.24 bits per heavy atom. The number of hydrogen-bond donors (Lipinski definition) is 0. The van der Waals surface area contributed by atoms with E-state index in [9.17, 15) is 4.79 Å². The lowest BCUT2D eigenvalue weighted by Crippen LogP contribution is -2.34. The molecule has 0 N–H and O–H groups in total. The molecule has 33 heavy (non-hydrogen) atoms. The lowest BCUT2D eigenvalue weighted by molar-refractivity contribution is -0.113. The summed E-state index contributed by atoms with van der Waals surface area (Å²) >= 11 is 1.43. The smallest absolute Gasteiger partial charge is 0.286 e. The molecule has 0 fully saturated rings. The van der Waals surface area contributed by atoms with Gasteiger partial charge in [0.15, 0.2) is 5.17 Å². The molecule has 3 aromatic carbocycles. The largest absolute Gasteiger partial charge is 0.374 e. The second-order valence-electron chi connectivity index (χ2n) is 9.15. The van der Waals surface area contributed by atoms with Gasteiger partial charge in [0.2, 0.25) is 0 Å². The minimum Gasteiger partial charge on any atom is -0.374 e. The first kappa shape index (κ1) is 21.5. The molecule has 0 radical (unpaired) electrons. The van der Waals surface area contributed by atoms with Crippen molar-refractivity contribution in [1.29, 1.82) is 0 Å². The zero-order valence-electron chi connectivity index (χ0n) is 19.2. The molecule has 3 aromatic rings. The van der Waals surface area contributed by atoms with E-state index in [2.05, 4.69) is 49.0 Å². The van der Waals surface area contributed by atoms with Gasteiger partial charge in [-0.15, -0.1) is 0 Å². The van der Waals surface area contributed by atoms with Crippen molar-refractivity contribution in [2.75, 3.05) is 23.4 Å². The van der Waals surface area contributed by atoms with Gasteiger partial charge in [-0.3, -0.25) is 9.69 Å². The summed E-state index contributed by atoms with van der Waals surface area (Å²) in [5, 5.41) is 0.668. The van der Waals surface area contributed by atoms with Crippen LogP contribution >= 0.6 is 11.8 Å². The van der Waals surface area contributed by atoms with Gasteiger partial charge >= 0.3 is 0 Å². The molecule has 5 rings (SSSR count). The molecule has 0 spiro atoms. The van der Waals surface area contributed by atoms with E-state index in [0.717, 1.165) is 29.9 Å². The molecule has 0 aromatic heterocycles. The molecule has 2 heterocycles. The van der Waals surface area contributed by atoms with Crippen molar-refractivity contribution in [2.24, 2.45) is 4.99 Å². The number of anilines is 3. The van der Waals surface area contributed by atoms with E-state index in [1.165, 1.54) is 23.0 Å². The number of aliphatic imine (C=N–C) groups is 1. The monoisotopic (exact) mass is 453 g/mol. The van der Waals surface area contributed by atoms with Crippen molar-refractivity contribution >= 4 is 46.0 Å². The molecule has 166 valence electrons. The Kier molecular flexibility index (Phi) is 5.59. The van der Waals surface area contributed by atoms with Crippen LogP contribution in [0.5, 0.6) is 0 Å². The fraction of sp³-hybridized carbons (Fsp3) is 0.214.